The van der Waals surface area contributed by atoms with Crippen molar-refractivity contribution >= 4 is 40.8 Å². The lowest BCUT2D eigenvalue weighted by molar-refractivity contribution is -0.123. The van der Waals surface area contributed by atoms with Crippen LogP contribution in [0.4, 0.5) is 0 Å². The molecule has 0 saturated heterocycles. The number of hydrogen-bond donors (Lipinski definition) is 0. The van der Waals surface area contributed by atoms with Crippen molar-refractivity contribution in [1.29, 1.82) is 0 Å². The van der Waals surface area contributed by atoms with Gasteiger partial charge >= 0.3 is 0 Å². The third-order valence-corrected chi connectivity index (χ3v) is 4.28. The van der Waals surface area contributed by atoms with Crippen molar-refractivity contribution in [3.8, 4) is 5.75 Å². The van der Waals surface area contributed by atoms with Gasteiger partial charge in [-0.15, -0.1) is 0 Å². The minimum Gasteiger partial charge on any atom is -0.486 e. The molecule has 0 bridgehead atoms. The summed E-state index contributed by atoms with van der Waals surface area (Å²) in [5.74, 6) is 0.453. The molecule has 0 unspecified atom stereocenters. The predicted octanol–water partition coefficient (Wildman–Crippen LogP) is 5.49. The van der Waals surface area contributed by atoms with E-state index in [0.29, 0.717) is 21.4 Å². The Kier molecular flexibility index (Phi) is 6.80. The second-order valence-electron chi connectivity index (χ2n) is 5.81. The molecular weight excluding hydrogens is 359 g/mol. The van der Waals surface area contributed by atoms with Gasteiger partial charge in [-0.25, -0.2) is 0 Å². The number of carbonyl (C=O) groups is 2. The van der Waals surface area contributed by atoms with Crippen LogP contribution >= 0.6 is 23.2 Å². The molecule has 0 atom stereocenters. The Morgan fingerprint density at radius 3 is 2.32 bits per heavy atom. The molecule has 5 heteroatoms. The fourth-order valence-corrected chi connectivity index (χ4v) is 2.21. The molecule has 0 saturated carbocycles. The second kappa shape index (κ2) is 8.84. The lowest BCUT2D eigenvalue weighted by Crippen LogP contribution is -2.16. The highest BCUT2D eigenvalue weighted by Gasteiger charge is 2.08. The van der Waals surface area contributed by atoms with Crippen LogP contribution in [0.25, 0.3) is 6.08 Å². The summed E-state index contributed by atoms with van der Waals surface area (Å²) < 4.78 is 5.44. The number of benzene rings is 2. The summed E-state index contributed by atoms with van der Waals surface area (Å²) in [5, 5.41) is 0.757. The van der Waals surface area contributed by atoms with Gasteiger partial charge in [0.2, 0.25) is 0 Å². The van der Waals surface area contributed by atoms with E-state index in [9.17, 15) is 9.59 Å². The number of ether oxygens (including phenoxy) is 1. The van der Waals surface area contributed by atoms with E-state index in [4.69, 9.17) is 27.9 Å². The zero-order valence-electron chi connectivity index (χ0n) is 14.0. The molecule has 0 aliphatic heterocycles. The van der Waals surface area contributed by atoms with E-state index in [-0.39, 0.29) is 24.1 Å². The van der Waals surface area contributed by atoms with Gasteiger partial charge in [0.05, 0.1) is 10.0 Å². The van der Waals surface area contributed by atoms with E-state index < -0.39 is 0 Å². The third kappa shape index (κ3) is 5.73. The zero-order chi connectivity index (χ0) is 18.4. The molecule has 2 aromatic rings. The van der Waals surface area contributed by atoms with Gasteiger partial charge in [-0.1, -0.05) is 55.3 Å². The Morgan fingerprint density at radius 2 is 1.72 bits per heavy atom. The highest BCUT2D eigenvalue weighted by molar-refractivity contribution is 6.42. The molecule has 0 aromatic heterocycles. The van der Waals surface area contributed by atoms with Gasteiger partial charge in [0.25, 0.3) is 0 Å². The van der Waals surface area contributed by atoms with Crippen molar-refractivity contribution in [3.63, 3.8) is 0 Å². The third-order valence-electron chi connectivity index (χ3n) is 3.54. The fraction of sp³-hybridized carbons (Fsp3) is 0.200. The van der Waals surface area contributed by atoms with Gasteiger partial charge in [0.15, 0.2) is 11.6 Å². The summed E-state index contributed by atoms with van der Waals surface area (Å²) in [5.41, 5.74) is 1.31. The van der Waals surface area contributed by atoms with Crippen molar-refractivity contribution in [3.05, 3.63) is 69.7 Å². The summed E-state index contributed by atoms with van der Waals surface area (Å²) in [4.78, 5) is 23.7. The SMILES string of the molecule is CC(C)C(=O)COc1ccc(/C=C/C(=O)c2ccc(Cl)c(Cl)c2)cc1. The van der Waals surface area contributed by atoms with Gasteiger partial charge < -0.3 is 4.74 Å². The molecule has 2 aromatic carbocycles. The van der Waals surface area contributed by atoms with Gasteiger partial charge in [0.1, 0.15) is 12.4 Å². The molecular formula is C20H18Cl2O3. The largest absolute Gasteiger partial charge is 0.486 e. The molecule has 2 rings (SSSR count). The van der Waals surface area contributed by atoms with E-state index in [0.717, 1.165) is 5.56 Å². The van der Waals surface area contributed by atoms with Gasteiger partial charge in [-0.3, -0.25) is 9.59 Å². The van der Waals surface area contributed by atoms with E-state index in [1.807, 2.05) is 26.0 Å². The fourth-order valence-electron chi connectivity index (χ4n) is 1.91. The first-order valence-electron chi connectivity index (χ1n) is 7.80. The number of halogens is 2. The first kappa shape index (κ1) is 19.2. The molecule has 25 heavy (non-hydrogen) atoms. The Balaban J connectivity index is 1.98. The molecule has 0 N–H and O–H groups in total. The molecule has 0 heterocycles. The van der Waals surface area contributed by atoms with Crippen LogP contribution < -0.4 is 4.74 Å². The minimum absolute atomic E-state index is 0.0467. The van der Waals surface area contributed by atoms with E-state index in [2.05, 4.69) is 0 Å². The van der Waals surface area contributed by atoms with Crippen LogP contribution in [0.1, 0.15) is 29.8 Å². The Bertz CT molecular complexity index is 793. The maximum Gasteiger partial charge on any atom is 0.185 e. The maximum atomic E-state index is 12.1. The average molecular weight is 377 g/mol. The standard InChI is InChI=1S/C20H18Cl2O3/c1-13(2)20(24)12-25-16-7-3-14(4-8-16)5-10-19(23)15-6-9-17(21)18(22)11-15/h3-11,13H,12H2,1-2H3/b10-5+. The lowest BCUT2D eigenvalue weighted by Gasteiger charge is -2.07. The highest BCUT2D eigenvalue weighted by Crippen LogP contribution is 2.23. The van der Waals surface area contributed by atoms with Crippen LogP contribution in [-0.2, 0) is 4.79 Å². The topological polar surface area (TPSA) is 43.4 Å². The minimum atomic E-state index is -0.165. The number of allylic oxidation sites excluding steroid dienone is 1. The first-order valence-corrected chi connectivity index (χ1v) is 8.55. The Labute approximate surface area is 157 Å². The van der Waals surface area contributed by atoms with Crippen LogP contribution in [0.2, 0.25) is 10.0 Å². The molecule has 0 amide bonds. The normalized spacial score (nSPS) is 11.1. The number of carbonyl (C=O) groups excluding carboxylic acids is 2. The molecule has 0 aliphatic rings. The Hall–Kier alpha value is -2.10. The van der Waals surface area contributed by atoms with Crippen molar-refractivity contribution in [2.45, 2.75) is 13.8 Å². The van der Waals surface area contributed by atoms with Crippen LogP contribution in [0.3, 0.4) is 0 Å². The van der Waals surface area contributed by atoms with E-state index >= 15 is 0 Å². The van der Waals surface area contributed by atoms with Crippen molar-refractivity contribution in [2.75, 3.05) is 6.61 Å². The van der Waals surface area contributed by atoms with Crippen molar-refractivity contribution < 1.29 is 14.3 Å². The lowest BCUT2D eigenvalue weighted by atomic mass is 10.1. The number of Topliss-reactive ketones (excluding diaryl/α,β-unsaturated/α-hetero) is 1. The summed E-state index contributed by atoms with van der Waals surface area (Å²) >= 11 is 11.8. The molecule has 3 nitrogen and oxygen atoms in total. The van der Waals surface area contributed by atoms with E-state index in [1.54, 1.807) is 36.4 Å². The summed E-state index contributed by atoms with van der Waals surface area (Å²) in [6, 6.07) is 11.9. The first-order chi connectivity index (χ1) is 11.9. The van der Waals surface area contributed by atoms with Crippen LogP contribution in [0, 0.1) is 5.92 Å². The molecule has 0 spiro atoms. The number of ketones is 2. The maximum absolute atomic E-state index is 12.1. The van der Waals surface area contributed by atoms with Crippen molar-refractivity contribution in [2.24, 2.45) is 5.92 Å². The van der Waals surface area contributed by atoms with Crippen LogP contribution in [0.5, 0.6) is 5.75 Å². The summed E-state index contributed by atoms with van der Waals surface area (Å²) in [6.45, 7) is 3.73. The Morgan fingerprint density at radius 1 is 1.04 bits per heavy atom. The van der Waals surface area contributed by atoms with Gasteiger partial charge in [0, 0.05) is 11.5 Å². The average Bonchev–Trinajstić information content (AvgIpc) is 2.60. The molecule has 0 radical (unpaired) electrons. The second-order valence-corrected chi connectivity index (χ2v) is 6.62. The molecule has 130 valence electrons. The van der Waals surface area contributed by atoms with Crippen LogP contribution in [-0.4, -0.2) is 18.2 Å². The monoisotopic (exact) mass is 376 g/mol. The van der Waals surface area contributed by atoms with Crippen LogP contribution in [0.15, 0.2) is 48.5 Å². The highest BCUT2D eigenvalue weighted by atomic mass is 35.5. The molecule has 0 aliphatic carbocycles. The van der Waals surface area contributed by atoms with Gasteiger partial charge in [-0.2, -0.15) is 0 Å². The number of rotatable bonds is 7. The smallest absolute Gasteiger partial charge is 0.185 e. The summed E-state index contributed by atoms with van der Waals surface area (Å²) in [7, 11) is 0. The zero-order valence-corrected chi connectivity index (χ0v) is 15.5. The quantitative estimate of drug-likeness (QED) is 0.473. The summed E-state index contributed by atoms with van der Waals surface area (Å²) in [6.07, 6.45) is 3.17. The van der Waals surface area contributed by atoms with E-state index in [1.165, 1.54) is 6.08 Å². The molecule has 0 fully saturated rings. The predicted molar refractivity (Wildman–Crippen MR) is 102 cm³/mol. The van der Waals surface area contributed by atoms with Crippen molar-refractivity contribution in [1.82, 2.24) is 0 Å². The van der Waals surface area contributed by atoms with Gasteiger partial charge in [-0.05, 0) is 42.0 Å². The number of hydrogen-bond acceptors (Lipinski definition) is 3.